The van der Waals surface area contributed by atoms with Crippen molar-refractivity contribution in [3.8, 4) is 0 Å². The molecule has 0 aliphatic carbocycles. The fourth-order valence-electron chi connectivity index (χ4n) is 1.53. The van der Waals surface area contributed by atoms with Crippen molar-refractivity contribution in [3.63, 3.8) is 0 Å². The molecule has 5 heteroatoms. The Morgan fingerprint density at radius 1 is 1.53 bits per heavy atom. The van der Waals surface area contributed by atoms with Crippen LogP contribution in [0.4, 0.5) is 4.39 Å². The van der Waals surface area contributed by atoms with E-state index in [0.29, 0.717) is 11.0 Å². The van der Waals surface area contributed by atoms with Crippen LogP contribution in [0.1, 0.15) is 24.4 Å². The standard InChI is InChI=1S/C12H13BrFN3/c1-8(12-15-4-5-16-12)17-7-9-2-3-10(13)11(14)6-9/h2-6,8,17H,7H2,1H3,(H,15,16). The predicted molar refractivity (Wildman–Crippen MR) is 67.9 cm³/mol. The Morgan fingerprint density at radius 2 is 2.35 bits per heavy atom. The average Bonchev–Trinajstić information content (AvgIpc) is 2.84. The topological polar surface area (TPSA) is 40.7 Å². The minimum Gasteiger partial charge on any atom is -0.347 e. The highest BCUT2D eigenvalue weighted by Gasteiger charge is 2.07. The summed E-state index contributed by atoms with van der Waals surface area (Å²) in [5.74, 6) is 0.637. The normalized spacial score (nSPS) is 12.6. The van der Waals surface area contributed by atoms with Gasteiger partial charge in [0.25, 0.3) is 0 Å². The van der Waals surface area contributed by atoms with Crippen molar-refractivity contribution in [1.82, 2.24) is 15.3 Å². The lowest BCUT2D eigenvalue weighted by atomic mass is 10.2. The smallest absolute Gasteiger partial charge is 0.137 e. The molecule has 0 saturated carbocycles. The van der Waals surface area contributed by atoms with Gasteiger partial charge in [-0.15, -0.1) is 0 Å². The van der Waals surface area contributed by atoms with Crippen LogP contribution in [0.5, 0.6) is 0 Å². The Bertz CT molecular complexity index is 485. The highest BCUT2D eigenvalue weighted by Crippen LogP contribution is 2.17. The first-order valence-electron chi connectivity index (χ1n) is 5.33. The Balaban J connectivity index is 1.96. The molecular weight excluding hydrogens is 285 g/mol. The molecule has 17 heavy (non-hydrogen) atoms. The monoisotopic (exact) mass is 297 g/mol. The molecule has 0 spiro atoms. The molecule has 2 rings (SSSR count). The van der Waals surface area contributed by atoms with Crippen molar-refractivity contribution in [3.05, 3.63) is 52.3 Å². The molecule has 1 aromatic heterocycles. The number of aromatic nitrogens is 2. The van der Waals surface area contributed by atoms with Gasteiger partial charge in [-0.1, -0.05) is 6.07 Å². The molecule has 0 radical (unpaired) electrons. The third kappa shape index (κ3) is 3.14. The first-order valence-corrected chi connectivity index (χ1v) is 6.12. The van der Waals surface area contributed by atoms with E-state index < -0.39 is 0 Å². The third-order valence-electron chi connectivity index (χ3n) is 2.53. The summed E-state index contributed by atoms with van der Waals surface area (Å²) in [6, 6.07) is 5.22. The van der Waals surface area contributed by atoms with Crippen LogP contribution in [0.15, 0.2) is 35.1 Å². The van der Waals surface area contributed by atoms with E-state index in [0.717, 1.165) is 11.4 Å². The Hall–Kier alpha value is -1.20. The molecule has 1 aromatic carbocycles. The van der Waals surface area contributed by atoms with Crippen LogP contribution >= 0.6 is 15.9 Å². The lowest BCUT2D eigenvalue weighted by molar-refractivity contribution is 0.547. The van der Waals surface area contributed by atoms with E-state index in [-0.39, 0.29) is 11.9 Å². The van der Waals surface area contributed by atoms with E-state index in [1.54, 1.807) is 18.5 Å². The van der Waals surface area contributed by atoms with E-state index >= 15 is 0 Å². The lowest BCUT2D eigenvalue weighted by Crippen LogP contribution is -2.19. The molecule has 0 saturated heterocycles. The summed E-state index contributed by atoms with van der Waals surface area (Å²) < 4.78 is 13.8. The Kier molecular flexibility index (Phi) is 3.91. The molecule has 2 aromatic rings. The predicted octanol–water partition coefficient (Wildman–Crippen LogP) is 3.16. The van der Waals surface area contributed by atoms with Gasteiger partial charge in [0, 0.05) is 18.9 Å². The maximum Gasteiger partial charge on any atom is 0.137 e. The molecule has 1 unspecified atom stereocenters. The minimum absolute atomic E-state index is 0.108. The van der Waals surface area contributed by atoms with Gasteiger partial charge in [0.15, 0.2) is 0 Å². The minimum atomic E-state index is -0.241. The average molecular weight is 298 g/mol. The summed E-state index contributed by atoms with van der Waals surface area (Å²) in [5.41, 5.74) is 0.907. The van der Waals surface area contributed by atoms with Crippen molar-refractivity contribution in [2.24, 2.45) is 0 Å². The number of imidazole rings is 1. The number of nitrogens with zero attached hydrogens (tertiary/aromatic N) is 1. The SMILES string of the molecule is CC(NCc1ccc(Br)c(F)c1)c1ncc[nH]1. The quantitative estimate of drug-likeness (QED) is 0.910. The van der Waals surface area contributed by atoms with Crippen LogP contribution in [0.2, 0.25) is 0 Å². The van der Waals surface area contributed by atoms with Gasteiger partial charge in [-0.05, 0) is 40.5 Å². The molecule has 0 fully saturated rings. The molecule has 3 nitrogen and oxygen atoms in total. The highest BCUT2D eigenvalue weighted by molar-refractivity contribution is 9.10. The van der Waals surface area contributed by atoms with Crippen molar-refractivity contribution >= 4 is 15.9 Å². The van der Waals surface area contributed by atoms with Gasteiger partial charge in [0.2, 0.25) is 0 Å². The van der Waals surface area contributed by atoms with E-state index in [9.17, 15) is 4.39 Å². The van der Waals surface area contributed by atoms with Crippen molar-refractivity contribution < 1.29 is 4.39 Å². The first kappa shape index (κ1) is 12.3. The molecule has 0 bridgehead atoms. The summed E-state index contributed by atoms with van der Waals surface area (Å²) in [5, 5.41) is 3.27. The second-order valence-corrected chi connectivity index (χ2v) is 4.68. The summed E-state index contributed by atoms with van der Waals surface area (Å²) in [6.45, 7) is 2.61. The molecule has 90 valence electrons. The van der Waals surface area contributed by atoms with Gasteiger partial charge < -0.3 is 10.3 Å². The van der Waals surface area contributed by atoms with Gasteiger partial charge in [0.1, 0.15) is 11.6 Å². The van der Waals surface area contributed by atoms with Crippen LogP contribution < -0.4 is 5.32 Å². The number of nitrogens with one attached hydrogen (secondary N) is 2. The van der Waals surface area contributed by atoms with Crippen molar-refractivity contribution in [2.45, 2.75) is 19.5 Å². The zero-order valence-corrected chi connectivity index (χ0v) is 11.0. The zero-order valence-electron chi connectivity index (χ0n) is 9.37. The van der Waals surface area contributed by atoms with Gasteiger partial charge in [-0.3, -0.25) is 0 Å². The van der Waals surface area contributed by atoms with E-state index in [1.165, 1.54) is 6.07 Å². The molecular formula is C12H13BrFN3. The molecule has 2 N–H and O–H groups in total. The Labute approximate surface area is 108 Å². The van der Waals surface area contributed by atoms with E-state index in [4.69, 9.17) is 0 Å². The molecule has 1 heterocycles. The first-order chi connectivity index (χ1) is 8.16. The molecule has 0 amide bonds. The second kappa shape index (κ2) is 5.42. The number of aromatic amines is 1. The number of hydrogen-bond donors (Lipinski definition) is 2. The number of halogens is 2. The summed E-state index contributed by atoms with van der Waals surface area (Å²) in [7, 11) is 0. The Morgan fingerprint density at radius 3 is 3.00 bits per heavy atom. The van der Waals surface area contributed by atoms with Crippen LogP contribution in [-0.4, -0.2) is 9.97 Å². The third-order valence-corrected chi connectivity index (χ3v) is 3.17. The maximum absolute atomic E-state index is 13.3. The largest absolute Gasteiger partial charge is 0.347 e. The van der Waals surface area contributed by atoms with Gasteiger partial charge in [0.05, 0.1) is 10.5 Å². The van der Waals surface area contributed by atoms with Gasteiger partial charge in [-0.25, -0.2) is 9.37 Å². The summed E-state index contributed by atoms with van der Waals surface area (Å²) >= 11 is 3.13. The zero-order chi connectivity index (χ0) is 12.3. The van der Waals surface area contributed by atoms with Gasteiger partial charge in [-0.2, -0.15) is 0 Å². The lowest BCUT2D eigenvalue weighted by Gasteiger charge is -2.11. The van der Waals surface area contributed by atoms with Gasteiger partial charge >= 0.3 is 0 Å². The maximum atomic E-state index is 13.3. The molecule has 1 atom stereocenters. The van der Waals surface area contributed by atoms with Crippen LogP contribution in [-0.2, 0) is 6.54 Å². The van der Waals surface area contributed by atoms with E-state index in [2.05, 4.69) is 31.2 Å². The highest BCUT2D eigenvalue weighted by atomic mass is 79.9. The van der Waals surface area contributed by atoms with E-state index in [1.807, 2.05) is 13.0 Å². The fraction of sp³-hybridized carbons (Fsp3) is 0.250. The van der Waals surface area contributed by atoms with Crippen LogP contribution in [0.3, 0.4) is 0 Å². The van der Waals surface area contributed by atoms with Crippen LogP contribution in [0, 0.1) is 5.82 Å². The second-order valence-electron chi connectivity index (χ2n) is 3.83. The number of hydrogen-bond acceptors (Lipinski definition) is 2. The molecule has 0 aliphatic heterocycles. The number of rotatable bonds is 4. The fourth-order valence-corrected chi connectivity index (χ4v) is 1.78. The summed E-state index contributed by atoms with van der Waals surface area (Å²) in [4.78, 5) is 7.20. The summed E-state index contributed by atoms with van der Waals surface area (Å²) in [6.07, 6.45) is 3.50. The van der Waals surface area contributed by atoms with Crippen molar-refractivity contribution in [1.29, 1.82) is 0 Å². The van der Waals surface area contributed by atoms with Crippen LogP contribution in [0.25, 0.3) is 0 Å². The van der Waals surface area contributed by atoms with Crippen molar-refractivity contribution in [2.75, 3.05) is 0 Å². The number of benzene rings is 1. The molecule has 0 aliphatic rings. The number of H-pyrrole nitrogens is 1.